The summed E-state index contributed by atoms with van der Waals surface area (Å²) in [6.07, 6.45) is 6.04. The second-order valence-electron chi connectivity index (χ2n) is 8.93. The molecular weight excluding hydrogens is 400 g/mol. The van der Waals surface area contributed by atoms with Crippen molar-refractivity contribution in [3.63, 3.8) is 0 Å². The lowest BCUT2D eigenvalue weighted by Gasteiger charge is -2.34. The lowest BCUT2D eigenvalue weighted by Crippen LogP contribution is -2.43. The second kappa shape index (κ2) is 10.4. The van der Waals surface area contributed by atoms with Crippen LogP contribution in [0, 0.1) is 6.92 Å². The molecule has 0 spiro atoms. The molecule has 2 aromatic heterocycles. The third-order valence-corrected chi connectivity index (χ3v) is 6.87. The van der Waals surface area contributed by atoms with Gasteiger partial charge in [-0.25, -0.2) is 9.97 Å². The normalized spacial score (nSPS) is 17.3. The van der Waals surface area contributed by atoms with Crippen LogP contribution >= 0.6 is 0 Å². The monoisotopic (exact) mass is 436 g/mol. The highest BCUT2D eigenvalue weighted by Crippen LogP contribution is 2.32. The van der Waals surface area contributed by atoms with Crippen molar-refractivity contribution < 1.29 is 4.79 Å². The average molecular weight is 437 g/mol. The molecule has 1 fully saturated rings. The molecule has 0 aliphatic carbocycles. The fourth-order valence-electron chi connectivity index (χ4n) is 4.95. The van der Waals surface area contributed by atoms with Gasteiger partial charge in [0.1, 0.15) is 11.6 Å². The van der Waals surface area contributed by atoms with E-state index in [0.29, 0.717) is 12.5 Å². The number of carbonyl (C=O) groups excluding carboxylic acids is 1. The summed E-state index contributed by atoms with van der Waals surface area (Å²) in [4.78, 5) is 33.6. The Hall–Kier alpha value is -2.54. The van der Waals surface area contributed by atoms with Gasteiger partial charge in [-0.3, -0.25) is 14.7 Å². The van der Waals surface area contributed by atoms with E-state index >= 15 is 0 Å². The third kappa shape index (κ3) is 5.09. The first kappa shape index (κ1) is 22.6. The molecule has 0 bridgehead atoms. The summed E-state index contributed by atoms with van der Waals surface area (Å²) < 4.78 is 0. The Morgan fingerprint density at radius 3 is 2.59 bits per heavy atom. The SMILES string of the molecule is CCN(CC)C(=O)CN1CCC(c2nc(C)c3c(n2)N(Cc2ccccn2)CCC3)CC1. The summed E-state index contributed by atoms with van der Waals surface area (Å²) >= 11 is 0. The van der Waals surface area contributed by atoms with Crippen LogP contribution in [0.25, 0.3) is 0 Å². The topological polar surface area (TPSA) is 65.5 Å². The molecule has 2 aliphatic rings. The lowest BCUT2D eigenvalue weighted by atomic mass is 9.95. The number of anilines is 1. The number of nitrogens with zero attached hydrogens (tertiary/aromatic N) is 6. The van der Waals surface area contributed by atoms with Gasteiger partial charge in [0.2, 0.25) is 5.91 Å². The molecule has 4 heterocycles. The molecule has 1 saturated heterocycles. The Bertz CT molecular complexity index is 906. The quantitative estimate of drug-likeness (QED) is 0.664. The summed E-state index contributed by atoms with van der Waals surface area (Å²) in [7, 11) is 0. The number of amides is 1. The Morgan fingerprint density at radius 1 is 1.12 bits per heavy atom. The zero-order valence-corrected chi connectivity index (χ0v) is 19.8. The molecule has 7 heteroatoms. The fraction of sp³-hybridized carbons (Fsp3) is 0.600. The minimum absolute atomic E-state index is 0.236. The van der Waals surface area contributed by atoms with E-state index in [1.54, 1.807) is 0 Å². The average Bonchev–Trinajstić information content (AvgIpc) is 2.81. The largest absolute Gasteiger partial charge is 0.350 e. The van der Waals surface area contributed by atoms with E-state index in [1.807, 2.05) is 37.1 Å². The van der Waals surface area contributed by atoms with E-state index in [4.69, 9.17) is 9.97 Å². The van der Waals surface area contributed by atoms with Crippen molar-refractivity contribution >= 4 is 11.7 Å². The summed E-state index contributed by atoms with van der Waals surface area (Å²) in [5.41, 5.74) is 3.48. The molecular formula is C25H36N6O. The number of pyridine rings is 1. The number of hydrogen-bond acceptors (Lipinski definition) is 6. The van der Waals surface area contributed by atoms with E-state index in [1.165, 1.54) is 5.56 Å². The Labute approximate surface area is 191 Å². The van der Waals surface area contributed by atoms with Gasteiger partial charge in [0, 0.05) is 43.0 Å². The Morgan fingerprint density at radius 2 is 1.91 bits per heavy atom. The van der Waals surface area contributed by atoms with Crippen molar-refractivity contribution in [2.24, 2.45) is 0 Å². The Balaban J connectivity index is 1.45. The Kier molecular flexibility index (Phi) is 7.35. The zero-order chi connectivity index (χ0) is 22.5. The number of aryl methyl sites for hydroxylation is 1. The van der Waals surface area contributed by atoms with Crippen LogP contribution in [0.15, 0.2) is 24.4 Å². The molecule has 2 aliphatic heterocycles. The molecule has 0 unspecified atom stereocenters. The smallest absolute Gasteiger partial charge is 0.236 e. The van der Waals surface area contributed by atoms with Gasteiger partial charge in [0.05, 0.1) is 18.8 Å². The van der Waals surface area contributed by atoms with Gasteiger partial charge < -0.3 is 9.80 Å². The zero-order valence-electron chi connectivity index (χ0n) is 19.8. The number of fused-ring (bicyclic) bond motifs is 1. The molecule has 1 amide bonds. The molecule has 0 aromatic carbocycles. The number of aromatic nitrogens is 3. The van der Waals surface area contributed by atoms with Crippen molar-refractivity contribution in [3.05, 3.63) is 47.2 Å². The van der Waals surface area contributed by atoms with Crippen molar-refractivity contribution in [1.82, 2.24) is 24.8 Å². The fourth-order valence-corrected chi connectivity index (χ4v) is 4.95. The van der Waals surface area contributed by atoms with Crippen LogP contribution in [0.5, 0.6) is 0 Å². The van der Waals surface area contributed by atoms with Crippen LogP contribution in [-0.4, -0.2) is 69.9 Å². The standard InChI is InChI=1S/C25H36N6O/c1-4-30(5-2)23(32)18-29-15-11-20(12-16-29)24-27-19(3)22-10-8-14-31(25(22)28-24)17-21-9-6-7-13-26-21/h6-7,9,13,20H,4-5,8,10-12,14-18H2,1-3H3. The number of piperidine rings is 1. The molecule has 172 valence electrons. The summed E-state index contributed by atoms with van der Waals surface area (Å²) in [5, 5.41) is 0. The van der Waals surface area contributed by atoms with Gasteiger partial charge in [0.25, 0.3) is 0 Å². The van der Waals surface area contributed by atoms with E-state index in [0.717, 1.165) is 88.0 Å². The molecule has 32 heavy (non-hydrogen) atoms. The van der Waals surface area contributed by atoms with Gasteiger partial charge in [-0.05, 0) is 71.7 Å². The molecule has 0 saturated carbocycles. The first-order valence-corrected chi connectivity index (χ1v) is 12.1. The van der Waals surface area contributed by atoms with Crippen molar-refractivity contribution in [2.45, 2.75) is 58.9 Å². The van der Waals surface area contributed by atoms with Crippen molar-refractivity contribution in [3.8, 4) is 0 Å². The van der Waals surface area contributed by atoms with Crippen LogP contribution in [-0.2, 0) is 17.8 Å². The predicted molar refractivity (Wildman–Crippen MR) is 127 cm³/mol. The number of likely N-dealkylation sites (N-methyl/N-ethyl adjacent to an activating group) is 1. The van der Waals surface area contributed by atoms with Gasteiger partial charge in [-0.15, -0.1) is 0 Å². The van der Waals surface area contributed by atoms with Gasteiger partial charge >= 0.3 is 0 Å². The lowest BCUT2D eigenvalue weighted by molar-refractivity contribution is -0.132. The predicted octanol–water partition coefficient (Wildman–Crippen LogP) is 3.18. The van der Waals surface area contributed by atoms with Crippen LogP contribution in [0.3, 0.4) is 0 Å². The number of likely N-dealkylation sites (tertiary alicyclic amines) is 1. The van der Waals surface area contributed by atoms with Crippen LogP contribution in [0.4, 0.5) is 5.82 Å². The van der Waals surface area contributed by atoms with Gasteiger partial charge in [-0.2, -0.15) is 0 Å². The number of carbonyl (C=O) groups is 1. The third-order valence-electron chi connectivity index (χ3n) is 6.87. The maximum absolute atomic E-state index is 12.5. The van der Waals surface area contributed by atoms with Crippen LogP contribution in [0.1, 0.15) is 61.8 Å². The maximum Gasteiger partial charge on any atom is 0.236 e. The first-order valence-electron chi connectivity index (χ1n) is 12.1. The van der Waals surface area contributed by atoms with Crippen molar-refractivity contribution in [1.29, 1.82) is 0 Å². The van der Waals surface area contributed by atoms with Crippen molar-refractivity contribution in [2.75, 3.05) is 44.2 Å². The highest BCUT2D eigenvalue weighted by atomic mass is 16.2. The van der Waals surface area contributed by atoms with E-state index in [-0.39, 0.29) is 5.91 Å². The van der Waals surface area contributed by atoms with Gasteiger partial charge in [0.15, 0.2) is 0 Å². The van der Waals surface area contributed by atoms with Crippen LogP contribution < -0.4 is 4.90 Å². The number of hydrogen-bond donors (Lipinski definition) is 0. The minimum atomic E-state index is 0.236. The molecule has 4 rings (SSSR count). The summed E-state index contributed by atoms with van der Waals surface area (Å²) in [5.74, 6) is 2.67. The molecule has 0 atom stereocenters. The van der Waals surface area contributed by atoms with E-state index in [9.17, 15) is 4.79 Å². The highest BCUT2D eigenvalue weighted by molar-refractivity contribution is 5.78. The van der Waals surface area contributed by atoms with Crippen LogP contribution in [0.2, 0.25) is 0 Å². The molecule has 0 N–H and O–H groups in total. The molecule has 7 nitrogen and oxygen atoms in total. The summed E-state index contributed by atoms with van der Waals surface area (Å²) in [6.45, 7) is 11.9. The second-order valence-corrected chi connectivity index (χ2v) is 8.93. The summed E-state index contributed by atoms with van der Waals surface area (Å²) in [6, 6.07) is 6.08. The molecule has 2 aromatic rings. The highest BCUT2D eigenvalue weighted by Gasteiger charge is 2.28. The minimum Gasteiger partial charge on any atom is -0.350 e. The first-order chi connectivity index (χ1) is 15.6. The molecule has 0 radical (unpaired) electrons. The van der Waals surface area contributed by atoms with Gasteiger partial charge in [-0.1, -0.05) is 6.07 Å². The number of rotatable bonds is 7. The van der Waals surface area contributed by atoms with E-state index in [2.05, 4.69) is 27.8 Å². The van der Waals surface area contributed by atoms with E-state index < -0.39 is 0 Å². The maximum atomic E-state index is 12.5.